The maximum Gasteiger partial charge on any atom is 0.219 e. The van der Waals surface area contributed by atoms with Crippen molar-refractivity contribution in [2.24, 2.45) is 0 Å². The first-order valence-corrected chi connectivity index (χ1v) is 10.3. The first kappa shape index (κ1) is 20.3. The van der Waals surface area contributed by atoms with Crippen molar-refractivity contribution in [2.75, 3.05) is 33.4 Å². The minimum Gasteiger partial charge on any atom is -0.381 e. The molecule has 1 amide bonds. The Balaban J connectivity index is 1.58. The number of nitrogens with zero attached hydrogens (tertiary/aromatic N) is 2. The van der Waals surface area contributed by atoms with E-state index in [-0.39, 0.29) is 18.1 Å². The maximum atomic E-state index is 11.9. The summed E-state index contributed by atoms with van der Waals surface area (Å²) in [5, 5.41) is 0. The number of carbonyl (C=O) groups is 1. The van der Waals surface area contributed by atoms with E-state index in [0.717, 1.165) is 52.0 Å². The van der Waals surface area contributed by atoms with Gasteiger partial charge in [0.25, 0.3) is 0 Å². The highest BCUT2D eigenvalue weighted by Gasteiger charge is 2.29. The average molecular weight is 375 g/mol. The van der Waals surface area contributed by atoms with Crippen LogP contribution in [0.1, 0.15) is 56.8 Å². The second-order valence-corrected chi connectivity index (χ2v) is 7.84. The van der Waals surface area contributed by atoms with Crippen molar-refractivity contribution in [3.63, 3.8) is 0 Å². The van der Waals surface area contributed by atoms with Crippen LogP contribution < -0.4 is 0 Å². The molecule has 0 N–H and O–H groups in total. The Morgan fingerprint density at radius 3 is 2.37 bits per heavy atom. The Morgan fingerprint density at radius 1 is 1.07 bits per heavy atom. The third-order valence-electron chi connectivity index (χ3n) is 6.04. The van der Waals surface area contributed by atoms with Crippen LogP contribution in [0.4, 0.5) is 0 Å². The van der Waals surface area contributed by atoms with Crippen molar-refractivity contribution in [1.82, 2.24) is 9.80 Å². The van der Waals surface area contributed by atoms with E-state index in [1.165, 1.54) is 11.1 Å². The molecule has 5 nitrogen and oxygen atoms in total. The summed E-state index contributed by atoms with van der Waals surface area (Å²) < 4.78 is 11.5. The highest BCUT2D eigenvalue weighted by atomic mass is 16.5. The van der Waals surface area contributed by atoms with E-state index in [0.29, 0.717) is 12.6 Å². The molecule has 150 valence electrons. The van der Waals surface area contributed by atoms with Crippen molar-refractivity contribution in [1.29, 1.82) is 0 Å². The number of ether oxygens (including phenoxy) is 2. The first-order valence-electron chi connectivity index (χ1n) is 10.3. The molecule has 0 bridgehead atoms. The van der Waals surface area contributed by atoms with Crippen LogP contribution >= 0.6 is 0 Å². The van der Waals surface area contributed by atoms with E-state index in [1.807, 2.05) is 4.90 Å². The molecule has 0 saturated carbocycles. The van der Waals surface area contributed by atoms with E-state index >= 15 is 0 Å². The largest absolute Gasteiger partial charge is 0.381 e. The van der Waals surface area contributed by atoms with Crippen LogP contribution in [0.2, 0.25) is 0 Å². The van der Waals surface area contributed by atoms with Gasteiger partial charge in [0.2, 0.25) is 5.91 Å². The Hall–Kier alpha value is -1.43. The maximum absolute atomic E-state index is 11.9. The molecule has 2 saturated heterocycles. The van der Waals surface area contributed by atoms with E-state index in [4.69, 9.17) is 9.47 Å². The number of benzene rings is 1. The molecule has 0 aliphatic carbocycles. The molecular weight excluding hydrogens is 340 g/mol. The van der Waals surface area contributed by atoms with Crippen molar-refractivity contribution >= 4 is 5.91 Å². The Kier molecular flexibility index (Phi) is 7.27. The van der Waals surface area contributed by atoms with Gasteiger partial charge in [-0.3, -0.25) is 9.69 Å². The number of rotatable bonds is 6. The van der Waals surface area contributed by atoms with Crippen LogP contribution in [0.15, 0.2) is 24.3 Å². The topological polar surface area (TPSA) is 42.0 Å². The van der Waals surface area contributed by atoms with E-state index in [1.54, 1.807) is 6.92 Å². The average Bonchev–Trinajstić information content (AvgIpc) is 2.70. The minimum atomic E-state index is 0.0828. The molecule has 2 aliphatic heterocycles. The molecule has 0 aromatic heterocycles. The molecule has 1 aromatic rings. The first-order chi connectivity index (χ1) is 13.1. The van der Waals surface area contributed by atoms with Crippen molar-refractivity contribution in [3.8, 4) is 0 Å². The SMILES string of the molecule is CCN(C(C)=O)[C@@H]1CCO[C@H](c2ccc(CN(C)C3CCOCC3)cc2)C1. The molecule has 0 spiro atoms. The van der Waals surface area contributed by atoms with Crippen LogP contribution in [0, 0.1) is 0 Å². The van der Waals surface area contributed by atoms with Crippen molar-refractivity contribution < 1.29 is 14.3 Å². The van der Waals surface area contributed by atoms with Gasteiger partial charge < -0.3 is 14.4 Å². The number of amides is 1. The predicted octanol–water partition coefficient (Wildman–Crippen LogP) is 3.39. The third-order valence-corrected chi connectivity index (χ3v) is 6.04. The molecule has 27 heavy (non-hydrogen) atoms. The van der Waals surface area contributed by atoms with Crippen LogP contribution in [-0.2, 0) is 20.8 Å². The highest BCUT2D eigenvalue weighted by molar-refractivity contribution is 5.73. The van der Waals surface area contributed by atoms with Gasteiger partial charge in [0.15, 0.2) is 0 Å². The summed E-state index contributed by atoms with van der Waals surface area (Å²) in [6, 6.07) is 9.74. The lowest BCUT2D eigenvalue weighted by Gasteiger charge is -2.37. The van der Waals surface area contributed by atoms with Crippen molar-refractivity contribution in [2.45, 2.75) is 64.3 Å². The summed E-state index contributed by atoms with van der Waals surface area (Å²) in [5.41, 5.74) is 2.55. The smallest absolute Gasteiger partial charge is 0.219 e. The molecule has 2 heterocycles. The van der Waals surface area contributed by atoms with Gasteiger partial charge in [-0.25, -0.2) is 0 Å². The normalized spacial score (nSPS) is 24.1. The van der Waals surface area contributed by atoms with Crippen LogP contribution in [0.3, 0.4) is 0 Å². The lowest BCUT2D eigenvalue weighted by molar-refractivity contribution is -0.134. The summed E-state index contributed by atoms with van der Waals surface area (Å²) in [5.74, 6) is 0.162. The Labute approximate surface area is 163 Å². The van der Waals surface area contributed by atoms with Gasteiger partial charge in [0.1, 0.15) is 0 Å². The zero-order valence-corrected chi connectivity index (χ0v) is 17.0. The summed E-state index contributed by atoms with van der Waals surface area (Å²) in [7, 11) is 2.21. The monoisotopic (exact) mass is 374 g/mol. The van der Waals surface area contributed by atoms with Gasteiger partial charge in [0, 0.05) is 51.9 Å². The van der Waals surface area contributed by atoms with Gasteiger partial charge in [-0.2, -0.15) is 0 Å². The van der Waals surface area contributed by atoms with Gasteiger partial charge >= 0.3 is 0 Å². The lowest BCUT2D eigenvalue weighted by atomic mass is 9.95. The molecule has 0 unspecified atom stereocenters. The van der Waals surface area contributed by atoms with Gasteiger partial charge in [-0.05, 0) is 50.8 Å². The molecule has 2 aliphatic rings. The fourth-order valence-corrected chi connectivity index (χ4v) is 4.41. The summed E-state index contributed by atoms with van der Waals surface area (Å²) in [6.45, 7) is 7.92. The van der Waals surface area contributed by atoms with E-state index in [2.05, 4.69) is 43.1 Å². The second kappa shape index (κ2) is 9.67. The minimum absolute atomic E-state index is 0.0828. The summed E-state index contributed by atoms with van der Waals surface area (Å²) >= 11 is 0. The zero-order valence-electron chi connectivity index (χ0n) is 17.0. The van der Waals surface area contributed by atoms with Gasteiger partial charge in [-0.15, -0.1) is 0 Å². The van der Waals surface area contributed by atoms with E-state index in [9.17, 15) is 4.79 Å². The number of hydrogen-bond acceptors (Lipinski definition) is 4. The number of hydrogen-bond donors (Lipinski definition) is 0. The van der Waals surface area contributed by atoms with Crippen LogP contribution in [0.5, 0.6) is 0 Å². The fourth-order valence-electron chi connectivity index (χ4n) is 4.41. The molecule has 3 rings (SSSR count). The Bertz CT molecular complexity index is 598. The lowest BCUT2D eigenvalue weighted by Crippen LogP contribution is -2.42. The summed E-state index contributed by atoms with van der Waals surface area (Å²) in [6.07, 6.45) is 4.14. The molecular formula is C22H34N2O3. The van der Waals surface area contributed by atoms with Gasteiger partial charge in [0.05, 0.1) is 6.10 Å². The molecule has 0 radical (unpaired) electrons. The molecule has 2 atom stereocenters. The quantitative estimate of drug-likeness (QED) is 0.765. The Morgan fingerprint density at radius 2 is 1.74 bits per heavy atom. The summed E-state index contributed by atoms with van der Waals surface area (Å²) in [4.78, 5) is 16.3. The van der Waals surface area contributed by atoms with Crippen LogP contribution in [-0.4, -0.2) is 61.2 Å². The van der Waals surface area contributed by atoms with E-state index < -0.39 is 0 Å². The number of carbonyl (C=O) groups excluding carboxylic acids is 1. The molecule has 5 heteroatoms. The highest BCUT2D eigenvalue weighted by Crippen LogP contribution is 2.31. The third kappa shape index (κ3) is 5.31. The zero-order chi connectivity index (χ0) is 19.2. The standard InChI is InChI=1S/C22H34N2O3/c1-4-24(17(2)25)21-11-14-27-22(15-21)19-7-5-18(6-8-19)16-23(3)20-9-12-26-13-10-20/h5-8,20-22H,4,9-16H2,1-3H3/t21-,22+/m1/s1. The molecule has 2 fully saturated rings. The fraction of sp³-hybridized carbons (Fsp3) is 0.682. The van der Waals surface area contributed by atoms with Crippen LogP contribution in [0.25, 0.3) is 0 Å². The van der Waals surface area contributed by atoms with Gasteiger partial charge in [-0.1, -0.05) is 24.3 Å². The second-order valence-electron chi connectivity index (χ2n) is 7.84. The predicted molar refractivity (Wildman–Crippen MR) is 107 cm³/mol. The van der Waals surface area contributed by atoms with Crippen molar-refractivity contribution in [3.05, 3.63) is 35.4 Å². The molecule has 1 aromatic carbocycles.